The van der Waals surface area contributed by atoms with Crippen molar-refractivity contribution in [1.29, 1.82) is 0 Å². The highest BCUT2D eigenvalue weighted by molar-refractivity contribution is 5.82. The Labute approximate surface area is 77.3 Å². The van der Waals surface area contributed by atoms with Crippen LogP contribution in [0.3, 0.4) is 0 Å². The highest BCUT2D eigenvalue weighted by Crippen LogP contribution is 2.02. The molecule has 5 nitrogen and oxygen atoms in total. The van der Waals surface area contributed by atoms with Crippen molar-refractivity contribution in [3.05, 3.63) is 0 Å². The zero-order valence-electron chi connectivity index (χ0n) is 7.75. The molecule has 0 saturated carbocycles. The number of rotatable bonds is 0. The average molecular weight is 185 g/mol. The lowest BCUT2D eigenvalue weighted by Gasteiger charge is -2.13. The third-order valence-electron chi connectivity index (χ3n) is 1.87. The van der Waals surface area contributed by atoms with Crippen molar-refractivity contribution in [3.8, 4) is 0 Å². The Morgan fingerprint density at radius 1 is 1.62 bits per heavy atom. The molecule has 0 fully saturated rings. The number of nitrogens with two attached hydrogens (primary N) is 1. The molecule has 0 amide bonds. The van der Waals surface area contributed by atoms with Gasteiger partial charge >= 0.3 is 5.97 Å². The monoisotopic (exact) mass is 185 g/mol. The lowest BCUT2D eigenvalue weighted by molar-refractivity contribution is -0.149. The zero-order chi connectivity index (χ0) is 9.68. The summed E-state index contributed by atoms with van der Waals surface area (Å²) in [6.45, 7) is 2.50. The normalized spacial score (nSPS) is 25.5. The van der Waals surface area contributed by atoms with E-state index in [9.17, 15) is 4.79 Å². The summed E-state index contributed by atoms with van der Waals surface area (Å²) in [6, 6.07) is -0.515. The molecule has 1 rings (SSSR count). The summed E-state index contributed by atoms with van der Waals surface area (Å²) < 4.78 is 0. The van der Waals surface area contributed by atoms with E-state index < -0.39 is 12.0 Å². The fraction of sp³-hybridized carbons (Fsp3) is 0.750. The second-order valence-corrected chi connectivity index (χ2v) is 3.09. The number of aliphatic imine (C=N–C) groups is 1. The Balaban J connectivity index is 2.52. The van der Waals surface area contributed by atoms with Crippen LogP contribution >= 0.6 is 0 Å². The predicted octanol–water partition coefficient (Wildman–Crippen LogP) is -0.0362. The van der Waals surface area contributed by atoms with Crippen molar-refractivity contribution < 1.29 is 9.63 Å². The first kappa shape index (κ1) is 9.98. The maximum absolute atomic E-state index is 11.1. The Morgan fingerprint density at radius 2 is 2.38 bits per heavy atom. The van der Waals surface area contributed by atoms with E-state index in [1.165, 1.54) is 0 Å². The van der Waals surface area contributed by atoms with Crippen LogP contribution in [0.25, 0.3) is 0 Å². The first-order valence-electron chi connectivity index (χ1n) is 4.43. The molecule has 3 N–H and O–H groups in total. The quantitative estimate of drug-likeness (QED) is 0.555. The molecule has 13 heavy (non-hydrogen) atoms. The van der Waals surface area contributed by atoms with Gasteiger partial charge in [-0.25, -0.2) is 10.3 Å². The smallest absolute Gasteiger partial charge is 0.341 e. The molecular formula is C8H15N3O2. The van der Waals surface area contributed by atoms with Gasteiger partial charge in [0.25, 0.3) is 0 Å². The van der Waals surface area contributed by atoms with Gasteiger partial charge in [0.15, 0.2) is 0 Å². The number of hydrogen-bond donors (Lipinski definition) is 2. The van der Waals surface area contributed by atoms with Crippen molar-refractivity contribution in [2.75, 3.05) is 6.54 Å². The Morgan fingerprint density at radius 3 is 3.15 bits per heavy atom. The van der Waals surface area contributed by atoms with Gasteiger partial charge in [0.2, 0.25) is 0 Å². The van der Waals surface area contributed by atoms with Crippen LogP contribution in [0.5, 0.6) is 0 Å². The van der Waals surface area contributed by atoms with Gasteiger partial charge in [-0.3, -0.25) is 4.99 Å². The number of hydrogen-bond acceptors (Lipinski definition) is 5. The molecule has 1 heterocycles. The lowest BCUT2D eigenvalue weighted by atomic mass is 10.1. The average Bonchev–Trinajstić information content (AvgIpc) is 2.12. The highest BCUT2D eigenvalue weighted by atomic mass is 16.7. The molecule has 74 valence electrons. The van der Waals surface area contributed by atoms with Crippen LogP contribution in [0.4, 0.5) is 0 Å². The summed E-state index contributed by atoms with van der Waals surface area (Å²) in [5.74, 6) is 0.193. The second kappa shape index (κ2) is 4.81. The number of carbonyl (C=O) groups excluding carboxylic acids is 1. The minimum atomic E-state index is -0.515. The van der Waals surface area contributed by atoms with Crippen LogP contribution in [0, 0.1) is 0 Å². The van der Waals surface area contributed by atoms with E-state index in [0.29, 0.717) is 12.3 Å². The largest absolute Gasteiger partial charge is 0.348 e. The molecular weight excluding hydrogens is 170 g/mol. The maximum Gasteiger partial charge on any atom is 0.348 e. The Bertz CT molecular complexity index is 215. The summed E-state index contributed by atoms with van der Waals surface area (Å²) in [4.78, 5) is 19.9. The zero-order valence-corrected chi connectivity index (χ0v) is 7.75. The van der Waals surface area contributed by atoms with Crippen LogP contribution in [0.1, 0.15) is 26.2 Å². The molecule has 0 aromatic heterocycles. The number of nitrogens with one attached hydrogen (secondary N) is 1. The molecule has 0 aliphatic carbocycles. The van der Waals surface area contributed by atoms with Crippen LogP contribution < -0.4 is 11.2 Å². The number of hydroxylamine groups is 1. The molecule has 0 radical (unpaired) electrons. The van der Waals surface area contributed by atoms with Gasteiger partial charge in [0.05, 0.1) is 0 Å². The van der Waals surface area contributed by atoms with Gasteiger partial charge in [-0.15, -0.1) is 0 Å². The summed E-state index contributed by atoms with van der Waals surface area (Å²) in [5.41, 5.74) is 8.01. The van der Waals surface area contributed by atoms with Gasteiger partial charge < -0.3 is 10.6 Å². The Kier molecular flexibility index (Phi) is 3.70. The fourth-order valence-electron chi connectivity index (χ4n) is 1.07. The van der Waals surface area contributed by atoms with Gasteiger partial charge in [0, 0.05) is 6.54 Å². The van der Waals surface area contributed by atoms with E-state index in [1.807, 2.05) is 0 Å². The van der Waals surface area contributed by atoms with Crippen LogP contribution in [-0.4, -0.2) is 24.4 Å². The number of nitrogens with zero attached hydrogens (tertiary/aromatic N) is 1. The van der Waals surface area contributed by atoms with Crippen molar-refractivity contribution in [2.24, 2.45) is 10.7 Å². The van der Waals surface area contributed by atoms with Crippen LogP contribution in [0.15, 0.2) is 4.99 Å². The molecule has 0 saturated heterocycles. The first-order valence-corrected chi connectivity index (χ1v) is 4.43. The van der Waals surface area contributed by atoms with E-state index in [1.54, 1.807) is 6.92 Å². The summed E-state index contributed by atoms with van der Waals surface area (Å²) in [7, 11) is 0. The number of carbonyl (C=O) groups is 1. The van der Waals surface area contributed by atoms with Crippen molar-refractivity contribution >= 4 is 11.8 Å². The number of amidine groups is 1. The summed E-state index contributed by atoms with van der Waals surface area (Å²) in [6.07, 6.45) is 2.53. The lowest BCUT2D eigenvalue weighted by Crippen LogP contribution is -2.37. The molecule has 1 atom stereocenters. The molecule has 0 unspecified atom stereocenters. The van der Waals surface area contributed by atoms with Crippen molar-refractivity contribution in [1.82, 2.24) is 5.48 Å². The van der Waals surface area contributed by atoms with E-state index in [0.717, 1.165) is 19.4 Å². The molecule has 1 aliphatic rings. The van der Waals surface area contributed by atoms with Crippen molar-refractivity contribution in [2.45, 2.75) is 32.2 Å². The third kappa shape index (κ3) is 3.42. The topological polar surface area (TPSA) is 76.7 Å². The summed E-state index contributed by atoms with van der Waals surface area (Å²) in [5, 5.41) is 0. The van der Waals surface area contributed by atoms with Crippen LogP contribution in [0.2, 0.25) is 0 Å². The van der Waals surface area contributed by atoms with Gasteiger partial charge in [-0.1, -0.05) is 0 Å². The second-order valence-electron chi connectivity index (χ2n) is 3.09. The van der Waals surface area contributed by atoms with Gasteiger partial charge in [-0.05, 0) is 26.2 Å². The SMILES string of the molecule is CC1=NCCCC[C@H](N)C(=O)ON1. The van der Waals surface area contributed by atoms with E-state index in [-0.39, 0.29) is 0 Å². The fourth-order valence-corrected chi connectivity index (χ4v) is 1.07. The first-order chi connectivity index (χ1) is 6.20. The van der Waals surface area contributed by atoms with E-state index in [4.69, 9.17) is 10.6 Å². The summed E-state index contributed by atoms with van der Waals surface area (Å²) >= 11 is 0. The van der Waals surface area contributed by atoms with Gasteiger partial charge in [-0.2, -0.15) is 0 Å². The molecule has 5 heteroatoms. The van der Waals surface area contributed by atoms with Crippen molar-refractivity contribution in [3.63, 3.8) is 0 Å². The maximum atomic E-state index is 11.1. The molecule has 0 bridgehead atoms. The Hall–Kier alpha value is -1.10. The predicted molar refractivity (Wildman–Crippen MR) is 49.0 cm³/mol. The molecule has 1 aliphatic heterocycles. The molecule has 0 aromatic carbocycles. The molecule has 0 spiro atoms. The standard InChI is InChI=1S/C8H15N3O2/c1-6-10-5-3-2-4-7(9)8(12)13-11-6/h7H,2-5,9H2,1H3,(H,10,11)/t7-/m0/s1. The molecule has 0 aromatic rings. The van der Waals surface area contributed by atoms with E-state index >= 15 is 0 Å². The highest BCUT2D eigenvalue weighted by Gasteiger charge is 2.15. The van der Waals surface area contributed by atoms with Crippen LogP contribution in [-0.2, 0) is 9.63 Å². The minimum Gasteiger partial charge on any atom is -0.341 e. The minimum absolute atomic E-state index is 0.420. The van der Waals surface area contributed by atoms with E-state index in [2.05, 4.69) is 10.5 Å². The van der Waals surface area contributed by atoms with Gasteiger partial charge in [0.1, 0.15) is 11.9 Å². The third-order valence-corrected chi connectivity index (χ3v) is 1.87.